The van der Waals surface area contributed by atoms with E-state index in [1.165, 1.54) is 0 Å². The normalized spacial score (nSPS) is 21.0. The van der Waals surface area contributed by atoms with Gasteiger partial charge in [0.1, 0.15) is 19.0 Å². The summed E-state index contributed by atoms with van der Waals surface area (Å²) in [5.41, 5.74) is 1.35. The van der Waals surface area contributed by atoms with Gasteiger partial charge in [-0.2, -0.15) is 0 Å². The molecule has 1 N–H and O–H groups in total. The number of fused-ring (bicyclic) bond motifs is 1. The van der Waals surface area contributed by atoms with E-state index in [4.69, 9.17) is 9.47 Å². The van der Waals surface area contributed by atoms with Crippen LogP contribution in [0.3, 0.4) is 0 Å². The first-order valence-corrected chi connectivity index (χ1v) is 11.0. The number of nitrogens with one attached hydrogen (secondary N) is 1. The summed E-state index contributed by atoms with van der Waals surface area (Å²) in [5, 5.41) is 2.91. The van der Waals surface area contributed by atoms with E-state index in [0.29, 0.717) is 42.6 Å². The van der Waals surface area contributed by atoms with Gasteiger partial charge in [-0.15, -0.1) is 0 Å². The van der Waals surface area contributed by atoms with E-state index in [0.717, 1.165) is 32.0 Å². The van der Waals surface area contributed by atoms with Crippen molar-refractivity contribution in [2.75, 3.05) is 68.1 Å². The van der Waals surface area contributed by atoms with Gasteiger partial charge in [0.2, 0.25) is 11.8 Å². The van der Waals surface area contributed by atoms with Gasteiger partial charge in [-0.3, -0.25) is 9.59 Å². The summed E-state index contributed by atoms with van der Waals surface area (Å²) in [4.78, 5) is 36.1. The second-order valence-corrected chi connectivity index (χ2v) is 8.42. The molecular formula is C23H27N5O4. The van der Waals surface area contributed by atoms with Crippen molar-refractivity contribution in [1.29, 1.82) is 0 Å². The Kier molecular flexibility index (Phi) is 5.57. The number of anilines is 3. The lowest BCUT2D eigenvalue weighted by molar-refractivity contribution is -0.122. The maximum Gasteiger partial charge on any atom is 0.229 e. The molecule has 1 atom stereocenters. The molecule has 1 aromatic carbocycles. The van der Waals surface area contributed by atoms with E-state index in [1.54, 1.807) is 23.2 Å². The van der Waals surface area contributed by atoms with Crippen LogP contribution in [0.25, 0.3) is 0 Å². The number of hydrogen-bond acceptors (Lipinski definition) is 7. The minimum Gasteiger partial charge on any atom is -0.486 e. The fraction of sp³-hybridized carbons (Fsp3) is 0.435. The molecule has 4 heterocycles. The number of likely N-dealkylation sites (N-methyl/N-ethyl adjacent to an activating group) is 1. The monoisotopic (exact) mass is 437 g/mol. The van der Waals surface area contributed by atoms with Crippen LogP contribution in [-0.2, 0) is 9.59 Å². The number of carbonyl (C=O) groups excluding carboxylic acids is 2. The molecule has 0 radical (unpaired) electrons. The molecule has 32 heavy (non-hydrogen) atoms. The molecule has 2 fully saturated rings. The highest BCUT2D eigenvalue weighted by Crippen LogP contribution is 2.36. The van der Waals surface area contributed by atoms with Gasteiger partial charge in [-0.25, -0.2) is 4.98 Å². The lowest BCUT2D eigenvalue weighted by atomic mass is 10.1. The van der Waals surface area contributed by atoms with Crippen LogP contribution < -0.4 is 24.6 Å². The molecule has 1 aromatic heterocycles. The number of rotatable bonds is 4. The maximum absolute atomic E-state index is 12.8. The molecule has 2 saturated heterocycles. The number of benzene rings is 1. The van der Waals surface area contributed by atoms with Crippen LogP contribution in [-0.4, -0.2) is 74.7 Å². The lowest BCUT2D eigenvalue weighted by Crippen LogP contribution is -2.44. The van der Waals surface area contributed by atoms with Gasteiger partial charge in [0.15, 0.2) is 11.5 Å². The van der Waals surface area contributed by atoms with E-state index >= 15 is 0 Å². The van der Waals surface area contributed by atoms with Gasteiger partial charge in [-0.1, -0.05) is 0 Å². The minimum absolute atomic E-state index is 0.0784. The molecule has 2 aromatic rings. The van der Waals surface area contributed by atoms with Crippen LogP contribution in [0.5, 0.6) is 11.5 Å². The Hall–Kier alpha value is -3.33. The Labute approximate surface area is 186 Å². The van der Waals surface area contributed by atoms with E-state index < -0.39 is 5.92 Å². The zero-order valence-corrected chi connectivity index (χ0v) is 18.1. The van der Waals surface area contributed by atoms with E-state index in [1.807, 2.05) is 18.2 Å². The van der Waals surface area contributed by atoms with Gasteiger partial charge in [0.25, 0.3) is 0 Å². The molecule has 9 nitrogen and oxygen atoms in total. The molecular weight excluding hydrogens is 410 g/mol. The van der Waals surface area contributed by atoms with Gasteiger partial charge in [0, 0.05) is 50.9 Å². The molecule has 9 heteroatoms. The fourth-order valence-electron chi connectivity index (χ4n) is 4.26. The highest BCUT2D eigenvalue weighted by Gasteiger charge is 2.35. The van der Waals surface area contributed by atoms with Crippen LogP contribution in [0, 0.1) is 5.92 Å². The largest absolute Gasteiger partial charge is 0.486 e. The average Bonchev–Trinajstić information content (AvgIpc) is 3.21. The number of aromatic nitrogens is 1. The standard InChI is InChI=1S/C23H27N5O4/c1-26-6-8-27(9-7-26)21-5-2-17(14-24-21)25-23(30)16-12-22(29)28(15-16)18-3-4-19-20(13-18)32-11-10-31-19/h2-5,13-14,16H,6-12,15H2,1H3,(H,25,30). The zero-order valence-electron chi connectivity index (χ0n) is 18.1. The Morgan fingerprint density at radius 3 is 2.59 bits per heavy atom. The van der Waals surface area contributed by atoms with E-state index in [2.05, 4.69) is 27.1 Å². The topological polar surface area (TPSA) is 87.2 Å². The van der Waals surface area contributed by atoms with Crippen molar-refractivity contribution in [2.45, 2.75) is 6.42 Å². The Morgan fingerprint density at radius 2 is 1.84 bits per heavy atom. The molecule has 5 rings (SSSR count). The molecule has 0 aliphatic carbocycles. The fourth-order valence-corrected chi connectivity index (χ4v) is 4.26. The summed E-state index contributed by atoms with van der Waals surface area (Å²) >= 11 is 0. The van der Waals surface area contributed by atoms with Crippen LogP contribution >= 0.6 is 0 Å². The molecule has 0 spiro atoms. The molecule has 1 unspecified atom stereocenters. The summed E-state index contributed by atoms with van der Waals surface area (Å²) in [6.45, 7) is 5.23. The van der Waals surface area contributed by atoms with Gasteiger partial charge in [-0.05, 0) is 31.3 Å². The van der Waals surface area contributed by atoms with Crippen molar-refractivity contribution in [1.82, 2.24) is 9.88 Å². The van der Waals surface area contributed by atoms with Crippen LogP contribution in [0.15, 0.2) is 36.5 Å². The summed E-state index contributed by atoms with van der Waals surface area (Å²) in [6, 6.07) is 9.23. The highest BCUT2D eigenvalue weighted by atomic mass is 16.6. The number of pyridine rings is 1. The first kappa shape index (κ1) is 20.6. The van der Waals surface area contributed by atoms with Crippen molar-refractivity contribution in [3.63, 3.8) is 0 Å². The van der Waals surface area contributed by atoms with Crippen molar-refractivity contribution in [3.05, 3.63) is 36.5 Å². The predicted molar refractivity (Wildman–Crippen MR) is 120 cm³/mol. The Balaban J connectivity index is 1.20. The SMILES string of the molecule is CN1CCN(c2ccc(NC(=O)C3CC(=O)N(c4ccc5c(c4)OCCO5)C3)cn2)CC1. The zero-order chi connectivity index (χ0) is 22.1. The van der Waals surface area contributed by atoms with Crippen molar-refractivity contribution in [3.8, 4) is 11.5 Å². The average molecular weight is 438 g/mol. The van der Waals surface area contributed by atoms with Crippen LogP contribution in [0.2, 0.25) is 0 Å². The predicted octanol–water partition coefficient (Wildman–Crippen LogP) is 1.60. The molecule has 2 amide bonds. The number of hydrogen-bond donors (Lipinski definition) is 1. The summed E-state index contributed by atoms with van der Waals surface area (Å²) < 4.78 is 11.2. The minimum atomic E-state index is -0.423. The number of nitrogens with zero attached hydrogens (tertiary/aromatic N) is 4. The highest BCUT2D eigenvalue weighted by molar-refractivity contribution is 6.03. The maximum atomic E-state index is 12.8. The second kappa shape index (κ2) is 8.66. The molecule has 3 aliphatic heterocycles. The molecule has 168 valence electrons. The van der Waals surface area contributed by atoms with Crippen LogP contribution in [0.4, 0.5) is 17.2 Å². The molecule has 0 bridgehead atoms. The molecule has 3 aliphatic rings. The summed E-state index contributed by atoms with van der Waals surface area (Å²) in [5.74, 6) is 1.54. The molecule has 0 saturated carbocycles. The first-order valence-electron chi connectivity index (χ1n) is 11.0. The Morgan fingerprint density at radius 1 is 1.06 bits per heavy atom. The number of amides is 2. The van der Waals surface area contributed by atoms with E-state index in [-0.39, 0.29) is 18.2 Å². The summed E-state index contributed by atoms with van der Waals surface area (Å²) in [6.07, 6.45) is 1.86. The van der Waals surface area contributed by atoms with Crippen molar-refractivity contribution >= 4 is 29.0 Å². The van der Waals surface area contributed by atoms with Crippen molar-refractivity contribution < 1.29 is 19.1 Å². The van der Waals surface area contributed by atoms with Gasteiger partial charge < -0.3 is 29.5 Å². The smallest absolute Gasteiger partial charge is 0.229 e. The van der Waals surface area contributed by atoms with E-state index in [9.17, 15) is 9.59 Å². The number of piperazine rings is 1. The summed E-state index contributed by atoms with van der Waals surface area (Å²) in [7, 11) is 2.12. The quantitative estimate of drug-likeness (QED) is 0.777. The Bertz CT molecular complexity index is 1000. The van der Waals surface area contributed by atoms with Crippen LogP contribution in [0.1, 0.15) is 6.42 Å². The third-order valence-electron chi connectivity index (χ3n) is 6.18. The number of carbonyl (C=O) groups is 2. The van der Waals surface area contributed by atoms with Gasteiger partial charge >= 0.3 is 0 Å². The van der Waals surface area contributed by atoms with Crippen molar-refractivity contribution in [2.24, 2.45) is 5.92 Å². The third kappa shape index (κ3) is 4.20. The lowest BCUT2D eigenvalue weighted by Gasteiger charge is -2.33. The second-order valence-electron chi connectivity index (χ2n) is 8.42. The van der Waals surface area contributed by atoms with Gasteiger partial charge in [0.05, 0.1) is 17.8 Å². The first-order chi connectivity index (χ1) is 15.6. The third-order valence-corrected chi connectivity index (χ3v) is 6.18. The number of ether oxygens (including phenoxy) is 2.